The van der Waals surface area contributed by atoms with Crippen LogP contribution in [0.1, 0.15) is 89.4 Å². The maximum Gasteiger partial charge on any atom is 0.200 e. The van der Waals surface area contributed by atoms with E-state index in [1.807, 2.05) is 0 Å². The topological polar surface area (TPSA) is 286 Å². The quantitative estimate of drug-likeness (QED) is 0.0256. The number of phenolic OH excluding ortho intramolecular Hbond substituents is 4. The Hall–Kier alpha value is -5.12. The molecule has 0 saturated carbocycles. The zero-order valence-electron chi connectivity index (χ0n) is 37.3. The molecule has 0 spiro atoms. The number of benzene rings is 4. The minimum atomic E-state index is -0.569. The Balaban J connectivity index is 0.00000397. The van der Waals surface area contributed by atoms with Crippen LogP contribution in [0.4, 0.5) is 22.7 Å². The standard InChI is InChI=1S/C46H58N8O10.4ClH/c55-25-23-49-17-21-53-29-7-5-27(35-37(29)45(63)41-33(59)11-9-31(57)39(41)43(35)61)51-19-15-47-13-3-1-2-4-14-48-16-20-52-28-6-8-30(54-22-18-50-24-26-56)38-36(28)44(62)40-32(58)10-12-34(60)42(40)46(38)64;;;;/h5-12,47-60H,1-4,13-26H2;4*1H. The Morgan fingerprint density at radius 1 is 0.294 bits per heavy atom. The summed E-state index contributed by atoms with van der Waals surface area (Å²) >= 11 is 0. The average Bonchev–Trinajstić information content (AvgIpc) is 3.28. The zero-order valence-corrected chi connectivity index (χ0v) is 40.6. The SMILES string of the molecule is Cl.Cl.Cl.Cl.O=C1c2c(O)ccc(O)c2C(=O)c2c(NCCNCCCCCCNCCNc3ccc(NCCNCCO)c4c3C(=O)c3c(O)ccc(O)c3C4=O)ccc(NCCNCCO)c21. The zero-order chi connectivity index (χ0) is 45.6. The van der Waals surface area contributed by atoms with Crippen LogP contribution in [-0.4, -0.2) is 146 Å². The maximum atomic E-state index is 13.8. The summed E-state index contributed by atoms with van der Waals surface area (Å²) in [5.74, 6) is -3.81. The highest BCUT2D eigenvalue weighted by atomic mass is 35.5. The molecule has 14 N–H and O–H groups in total. The number of anilines is 4. The molecule has 2 aliphatic carbocycles. The second kappa shape index (κ2) is 29.0. The molecule has 0 amide bonds. The number of rotatable bonds is 27. The van der Waals surface area contributed by atoms with E-state index in [9.17, 15) is 39.6 Å². The molecule has 4 aromatic carbocycles. The number of aliphatic hydroxyl groups excluding tert-OH is 2. The summed E-state index contributed by atoms with van der Waals surface area (Å²) in [5.41, 5.74) is 1.29. The minimum absolute atomic E-state index is 0. The molecular formula is C46H62Cl4N8O10. The molecule has 0 aliphatic heterocycles. The van der Waals surface area contributed by atoms with Crippen LogP contribution in [0.3, 0.4) is 0 Å². The van der Waals surface area contributed by atoms with E-state index in [1.165, 1.54) is 24.3 Å². The van der Waals surface area contributed by atoms with E-state index < -0.39 is 23.1 Å². The van der Waals surface area contributed by atoms with E-state index in [0.717, 1.165) is 38.8 Å². The lowest BCUT2D eigenvalue weighted by Crippen LogP contribution is -2.28. The highest BCUT2D eigenvalue weighted by Gasteiger charge is 2.39. The van der Waals surface area contributed by atoms with Crippen LogP contribution in [0.25, 0.3) is 0 Å². The number of halogens is 4. The van der Waals surface area contributed by atoms with Gasteiger partial charge in [0.25, 0.3) is 0 Å². The number of aliphatic hydroxyl groups is 2. The maximum absolute atomic E-state index is 13.8. The summed E-state index contributed by atoms with van der Waals surface area (Å²) in [4.78, 5) is 55.1. The Bertz CT molecular complexity index is 2200. The van der Waals surface area contributed by atoms with E-state index in [4.69, 9.17) is 10.2 Å². The first-order chi connectivity index (χ1) is 31.1. The molecule has 0 heterocycles. The van der Waals surface area contributed by atoms with Gasteiger partial charge in [-0.3, -0.25) is 19.2 Å². The van der Waals surface area contributed by atoms with Crippen molar-refractivity contribution in [2.45, 2.75) is 25.7 Å². The number of hydrogen-bond acceptors (Lipinski definition) is 18. The third-order valence-corrected chi connectivity index (χ3v) is 11.1. The lowest BCUT2D eigenvalue weighted by Gasteiger charge is -2.25. The minimum Gasteiger partial charge on any atom is -0.507 e. The average molecular weight is 1030 g/mol. The van der Waals surface area contributed by atoms with Crippen molar-refractivity contribution in [2.75, 3.05) is 113 Å². The molecule has 0 radical (unpaired) electrons. The van der Waals surface area contributed by atoms with Gasteiger partial charge in [0.05, 0.1) is 57.7 Å². The molecule has 2 aliphatic rings. The summed E-state index contributed by atoms with van der Waals surface area (Å²) in [6, 6.07) is 11.6. The number of nitrogens with one attached hydrogen (secondary N) is 8. The van der Waals surface area contributed by atoms with Crippen molar-refractivity contribution in [3.63, 3.8) is 0 Å². The van der Waals surface area contributed by atoms with Gasteiger partial charge in [0.15, 0.2) is 0 Å². The monoisotopic (exact) mass is 1030 g/mol. The first kappa shape index (κ1) is 59.0. The Morgan fingerprint density at radius 3 is 0.765 bits per heavy atom. The van der Waals surface area contributed by atoms with Gasteiger partial charge >= 0.3 is 0 Å². The van der Waals surface area contributed by atoms with Crippen molar-refractivity contribution in [3.05, 3.63) is 93.0 Å². The summed E-state index contributed by atoms with van der Waals surface area (Å²) in [7, 11) is 0. The number of phenols is 4. The van der Waals surface area contributed by atoms with Gasteiger partial charge in [-0.15, -0.1) is 49.6 Å². The molecule has 6 rings (SSSR count). The van der Waals surface area contributed by atoms with Crippen LogP contribution >= 0.6 is 49.6 Å². The number of ketones is 4. The highest BCUT2D eigenvalue weighted by Crippen LogP contribution is 2.44. The summed E-state index contributed by atoms with van der Waals surface area (Å²) in [6.07, 6.45) is 3.92. The van der Waals surface area contributed by atoms with Crippen molar-refractivity contribution in [1.82, 2.24) is 21.3 Å². The largest absolute Gasteiger partial charge is 0.507 e. The lowest BCUT2D eigenvalue weighted by molar-refractivity contribution is 0.0975. The molecule has 374 valence electrons. The third-order valence-electron chi connectivity index (χ3n) is 11.1. The van der Waals surface area contributed by atoms with Gasteiger partial charge in [-0.25, -0.2) is 0 Å². The molecule has 0 atom stereocenters. The van der Waals surface area contributed by atoms with Crippen LogP contribution in [0, 0.1) is 0 Å². The molecule has 68 heavy (non-hydrogen) atoms. The van der Waals surface area contributed by atoms with E-state index >= 15 is 0 Å². The van der Waals surface area contributed by atoms with E-state index in [0.29, 0.717) is 88.2 Å². The summed E-state index contributed by atoms with van der Waals surface area (Å²) < 4.78 is 0. The number of carbonyl (C=O) groups is 4. The number of unbranched alkanes of at least 4 members (excludes halogenated alkanes) is 3. The van der Waals surface area contributed by atoms with Crippen molar-refractivity contribution in [2.24, 2.45) is 0 Å². The number of carbonyl (C=O) groups excluding carboxylic acids is 4. The van der Waals surface area contributed by atoms with Gasteiger partial charge < -0.3 is 73.2 Å². The van der Waals surface area contributed by atoms with Crippen LogP contribution in [-0.2, 0) is 0 Å². The van der Waals surface area contributed by atoms with Gasteiger partial charge in [-0.1, -0.05) is 12.8 Å². The molecule has 0 saturated heterocycles. The molecule has 0 aromatic heterocycles. The van der Waals surface area contributed by atoms with Crippen LogP contribution in [0.2, 0.25) is 0 Å². The van der Waals surface area contributed by atoms with E-state index in [1.54, 1.807) is 24.3 Å². The predicted octanol–water partition coefficient (Wildman–Crippen LogP) is 4.00. The normalized spacial score (nSPS) is 12.0. The summed E-state index contributed by atoms with van der Waals surface area (Å²) in [5, 5.41) is 86.0. The second-order valence-electron chi connectivity index (χ2n) is 15.4. The van der Waals surface area contributed by atoms with Crippen molar-refractivity contribution >= 4 is 95.5 Å². The van der Waals surface area contributed by atoms with Crippen molar-refractivity contribution < 1.29 is 49.8 Å². The van der Waals surface area contributed by atoms with Crippen LogP contribution in [0.5, 0.6) is 23.0 Å². The number of hydrogen-bond donors (Lipinski definition) is 14. The fourth-order valence-corrected chi connectivity index (χ4v) is 7.97. The van der Waals surface area contributed by atoms with E-state index in [2.05, 4.69) is 42.5 Å². The molecule has 0 bridgehead atoms. The van der Waals surface area contributed by atoms with Gasteiger partial charge in [-0.2, -0.15) is 0 Å². The van der Waals surface area contributed by atoms with Gasteiger partial charge in [0.2, 0.25) is 23.1 Å². The number of fused-ring (bicyclic) bond motifs is 4. The highest BCUT2D eigenvalue weighted by molar-refractivity contribution is 6.34. The Labute approximate surface area is 419 Å². The Morgan fingerprint density at radius 2 is 0.529 bits per heavy atom. The van der Waals surface area contributed by atoms with Gasteiger partial charge in [0, 0.05) is 88.2 Å². The first-order valence-corrected chi connectivity index (χ1v) is 21.7. The fourth-order valence-electron chi connectivity index (χ4n) is 7.97. The van der Waals surface area contributed by atoms with E-state index in [-0.39, 0.29) is 130 Å². The predicted molar refractivity (Wildman–Crippen MR) is 273 cm³/mol. The fraction of sp³-hybridized carbons (Fsp3) is 0.391. The van der Waals surface area contributed by atoms with Crippen LogP contribution < -0.4 is 42.5 Å². The van der Waals surface area contributed by atoms with Crippen molar-refractivity contribution in [1.29, 1.82) is 0 Å². The van der Waals surface area contributed by atoms with Gasteiger partial charge in [0.1, 0.15) is 23.0 Å². The van der Waals surface area contributed by atoms with Crippen LogP contribution in [0.15, 0.2) is 48.5 Å². The second-order valence-corrected chi connectivity index (χ2v) is 15.4. The molecule has 0 unspecified atom stereocenters. The van der Waals surface area contributed by atoms with Gasteiger partial charge in [-0.05, 0) is 74.5 Å². The molecule has 22 heteroatoms. The lowest BCUT2D eigenvalue weighted by atomic mass is 9.81. The molecular weight excluding hydrogens is 966 g/mol. The molecule has 18 nitrogen and oxygen atoms in total. The molecule has 0 fully saturated rings. The summed E-state index contributed by atoms with van der Waals surface area (Å²) in [6.45, 7) is 6.28. The number of aromatic hydroxyl groups is 4. The molecule has 4 aromatic rings. The first-order valence-electron chi connectivity index (χ1n) is 21.7. The third kappa shape index (κ3) is 13.8. The Kier molecular flexibility index (Phi) is 25.2. The smallest absolute Gasteiger partial charge is 0.200 e. The van der Waals surface area contributed by atoms with Crippen molar-refractivity contribution in [3.8, 4) is 23.0 Å².